The van der Waals surface area contributed by atoms with Gasteiger partial charge in [0.1, 0.15) is 18.3 Å². The number of fused-ring (bicyclic) bond motifs is 2. The lowest BCUT2D eigenvalue weighted by Gasteiger charge is -2.18. The predicted molar refractivity (Wildman–Crippen MR) is 155 cm³/mol. The number of ketones is 1. The van der Waals surface area contributed by atoms with Gasteiger partial charge in [-0.15, -0.1) is 0 Å². The molecule has 0 aliphatic rings. The summed E-state index contributed by atoms with van der Waals surface area (Å²) in [6.45, 7) is 2.73. The number of halogens is 2. The zero-order valence-electron chi connectivity index (χ0n) is 20.2. The van der Waals surface area contributed by atoms with Crippen molar-refractivity contribution in [2.45, 2.75) is 38.9 Å². The molecule has 0 fully saturated rings. The number of alkyl halides is 2. The normalized spacial score (nSPS) is 13.4. The molecule has 0 bridgehead atoms. The van der Waals surface area contributed by atoms with Crippen LogP contribution >= 0.6 is 31.9 Å². The average molecular weight is 653 g/mol. The summed E-state index contributed by atoms with van der Waals surface area (Å²) in [7, 11) is 0. The van der Waals surface area contributed by atoms with E-state index >= 15 is 0 Å². The molecule has 0 unspecified atom stereocenters. The third-order valence-electron chi connectivity index (χ3n) is 5.04. The molecule has 12 heteroatoms. The Balaban J connectivity index is 0.000000309. The van der Waals surface area contributed by atoms with E-state index in [0.717, 1.165) is 33.1 Å². The largest absolute Gasteiger partial charge is 0.479 e. The maximum Gasteiger partial charge on any atom is 0.336 e. The first-order valence-corrected chi connectivity index (χ1v) is 13.1. The van der Waals surface area contributed by atoms with Crippen molar-refractivity contribution in [1.82, 2.24) is 19.9 Å². The number of hydrogen-bond acceptors (Lipinski definition) is 9. The van der Waals surface area contributed by atoms with E-state index < -0.39 is 17.2 Å². The molecule has 4 aromatic rings. The summed E-state index contributed by atoms with van der Waals surface area (Å²) < 4.78 is 0. The molecule has 2 aromatic carbocycles. The van der Waals surface area contributed by atoms with Gasteiger partial charge in [0, 0.05) is 45.9 Å². The van der Waals surface area contributed by atoms with Crippen LogP contribution in [0.4, 0.5) is 5.69 Å². The van der Waals surface area contributed by atoms with Crippen LogP contribution in [0.5, 0.6) is 0 Å². The van der Waals surface area contributed by atoms with Gasteiger partial charge in [-0.1, -0.05) is 45.4 Å². The Morgan fingerprint density at radius 2 is 1.37 bits per heavy atom. The number of hydrogen-bond donors (Lipinski definition) is 4. The van der Waals surface area contributed by atoms with Gasteiger partial charge in [0.05, 0.1) is 11.0 Å². The Labute approximate surface area is 237 Å². The first-order valence-electron chi connectivity index (χ1n) is 10.9. The second-order valence-electron chi connectivity index (χ2n) is 8.48. The van der Waals surface area contributed by atoms with Crippen molar-refractivity contribution in [2.75, 3.05) is 16.4 Å². The molecule has 2 heterocycles. The van der Waals surface area contributed by atoms with Crippen LogP contribution < -0.4 is 5.73 Å². The second kappa shape index (κ2) is 14.8. The molecule has 0 radical (unpaired) electrons. The lowest BCUT2D eigenvalue weighted by atomic mass is 9.96. The van der Waals surface area contributed by atoms with Crippen molar-refractivity contribution in [3.05, 3.63) is 67.0 Å². The van der Waals surface area contributed by atoms with Gasteiger partial charge in [0.2, 0.25) is 0 Å². The van der Waals surface area contributed by atoms with Gasteiger partial charge in [0.15, 0.2) is 11.4 Å². The highest BCUT2D eigenvalue weighted by Crippen LogP contribution is 2.17. The fourth-order valence-electron chi connectivity index (χ4n) is 2.65. The van der Waals surface area contributed by atoms with Gasteiger partial charge < -0.3 is 21.1 Å². The van der Waals surface area contributed by atoms with Crippen molar-refractivity contribution in [2.24, 2.45) is 0 Å². The number of nitrogens with zero attached hydrogens (tertiary/aromatic N) is 4. The van der Waals surface area contributed by atoms with Crippen LogP contribution in [0.1, 0.15) is 26.8 Å². The number of carboxylic acid groups (broad SMARTS) is 1. The number of nitrogens with two attached hydrogens (primary N) is 1. The monoisotopic (exact) mass is 651 g/mol. The molecule has 2 atom stereocenters. The summed E-state index contributed by atoms with van der Waals surface area (Å²) in [5.74, 6) is -1.43. The van der Waals surface area contributed by atoms with E-state index in [2.05, 4.69) is 51.8 Å². The summed E-state index contributed by atoms with van der Waals surface area (Å²) >= 11 is 5.97. The molecular weight excluding hydrogens is 622 g/mol. The van der Waals surface area contributed by atoms with Gasteiger partial charge >= 0.3 is 5.97 Å². The number of aliphatic hydroxyl groups is 2. The average Bonchev–Trinajstić information content (AvgIpc) is 2.89. The molecular formula is C26H31Br2N5O5. The quantitative estimate of drug-likeness (QED) is 0.176. The number of carboxylic acids is 1. The van der Waals surface area contributed by atoms with Gasteiger partial charge in [-0.3, -0.25) is 4.79 Å². The highest BCUT2D eigenvalue weighted by atomic mass is 79.9. The molecule has 0 aliphatic carbocycles. The number of benzene rings is 2. The number of Topliss-reactive ketones (excluding diaryl/α,β-unsaturated/α-hetero) is 1. The van der Waals surface area contributed by atoms with Crippen molar-refractivity contribution in [1.29, 1.82) is 0 Å². The molecule has 5 N–H and O–H groups in total. The number of carbonyl (C=O) groups is 2. The standard InChI is InChI=1S/C13H13BrN2O2.C8H7N3.C4H7BrO3.CH4/c1-13(18,7-14)12(17)5-9-2-3-11-10(4-9)6-15-8-16-11;9-7-1-2-8-6(3-7)4-10-5-11-8;1-4(8,2-5)3(6)7;/h2-4,6,8,18H,5,7H2,1H3;1-5H,9H2;8H,2H2,1H3,(H,6,7);1H4/t13-;;4-;/m0.0./s1. The fraction of sp³-hybridized carbons (Fsp3) is 0.308. The summed E-state index contributed by atoms with van der Waals surface area (Å²) in [6, 6.07) is 11.1. The number of aliphatic carboxylic acids is 1. The van der Waals surface area contributed by atoms with E-state index in [9.17, 15) is 14.7 Å². The molecule has 38 heavy (non-hydrogen) atoms. The van der Waals surface area contributed by atoms with Crippen LogP contribution in [0.2, 0.25) is 0 Å². The smallest absolute Gasteiger partial charge is 0.336 e. The SMILES string of the molecule is C.C[C@](O)(CBr)C(=O)Cc1ccc2ncncc2c1.C[C@](O)(CBr)C(=O)O.Nc1ccc2ncncc2c1. The summed E-state index contributed by atoms with van der Waals surface area (Å²) in [4.78, 5) is 37.9. The lowest BCUT2D eigenvalue weighted by Crippen LogP contribution is -2.38. The number of nitrogen functional groups attached to an aromatic ring is 1. The van der Waals surface area contributed by atoms with Crippen molar-refractivity contribution in [3.63, 3.8) is 0 Å². The molecule has 204 valence electrons. The maximum absolute atomic E-state index is 11.9. The second-order valence-corrected chi connectivity index (χ2v) is 9.60. The summed E-state index contributed by atoms with van der Waals surface area (Å²) in [5.41, 5.74) is 5.97. The van der Waals surface area contributed by atoms with Crippen LogP contribution in [0.25, 0.3) is 21.8 Å². The van der Waals surface area contributed by atoms with Crippen LogP contribution in [0.15, 0.2) is 61.4 Å². The van der Waals surface area contributed by atoms with Crippen molar-refractivity contribution in [3.8, 4) is 0 Å². The highest BCUT2D eigenvalue weighted by Gasteiger charge is 2.28. The fourth-order valence-corrected chi connectivity index (χ4v) is 3.21. The van der Waals surface area contributed by atoms with E-state index in [4.69, 9.17) is 15.9 Å². The van der Waals surface area contributed by atoms with E-state index in [1.807, 2.05) is 36.4 Å². The van der Waals surface area contributed by atoms with Gasteiger partial charge in [-0.05, 0) is 49.7 Å². The van der Waals surface area contributed by atoms with Crippen molar-refractivity contribution >= 4 is 71.1 Å². The Kier molecular flexibility index (Phi) is 12.8. The Morgan fingerprint density at radius 3 is 1.84 bits per heavy atom. The molecule has 0 aliphatic heterocycles. The molecule has 0 saturated heterocycles. The highest BCUT2D eigenvalue weighted by molar-refractivity contribution is 9.09. The van der Waals surface area contributed by atoms with Crippen LogP contribution in [-0.2, 0) is 16.0 Å². The Hall–Kier alpha value is -3.06. The van der Waals surface area contributed by atoms with Crippen molar-refractivity contribution < 1.29 is 24.9 Å². The minimum Gasteiger partial charge on any atom is -0.479 e. The van der Waals surface area contributed by atoms with Crippen LogP contribution in [-0.4, -0.2) is 68.9 Å². The molecule has 4 rings (SSSR count). The first-order chi connectivity index (χ1) is 17.4. The third-order valence-corrected chi connectivity index (χ3v) is 7.23. The maximum atomic E-state index is 11.9. The first kappa shape index (κ1) is 33.0. The summed E-state index contributed by atoms with van der Waals surface area (Å²) in [6.07, 6.45) is 6.67. The van der Waals surface area contributed by atoms with E-state index in [1.54, 1.807) is 12.4 Å². The predicted octanol–water partition coefficient (Wildman–Crippen LogP) is 3.95. The molecule has 2 aromatic heterocycles. The number of rotatable bonds is 6. The minimum absolute atomic E-state index is 0. The topological polar surface area (TPSA) is 172 Å². The van der Waals surface area contributed by atoms with Gasteiger partial charge in [-0.2, -0.15) is 0 Å². The van der Waals surface area contributed by atoms with E-state index in [0.29, 0.717) is 0 Å². The Bertz CT molecular complexity index is 1370. The lowest BCUT2D eigenvalue weighted by molar-refractivity contribution is -0.154. The van der Waals surface area contributed by atoms with E-state index in [-0.39, 0.29) is 30.3 Å². The Morgan fingerprint density at radius 1 is 0.868 bits per heavy atom. The van der Waals surface area contributed by atoms with Crippen LogP contribution in [0.3, 0.4) is 0 Å². The zero-order valence-corrected chi connectivity index (χ0v) is 23.3. The van der Waals surface area contributed by atoms with E-state index in [1.165, 1.54) is 26.5 Å². The third kappa shape index (κ3) is 9.67. The number of carbonyl (C=O) groups excluding carboxylic acids is 1. The molecule has 0 amide bonds. The summed E-state index contributed by atoms with van der Waals surface area (Å²) in [5, 5.41) is 28.9. The van der Waals surface area contributed by atoms with Gasteiger partial charge in [0.25, 0.3) is 0 Å². The number of anilines is 1. The molecule has 0 saturated carbocycles. The number of aromatic nitrogens is 4. The van der Waals surface area contributed by atoms with Gasteiger partial charge in [-0.25, -0.2) is 24.7 Å². The molecule has 10 nitrogen and oxygen atoms in total. The minimum atomic E-state index is -1.62. The molecule has 0 spiro atoms. The zero-order chi connectivity index (χ0) is 27.6. The van der Waals surface area contributed by atoms with Crippen LogP contribution in [0, 0.1) is 0 Å².